The van der Waals surface area contributed by atoms with Gasteiger partial charge in [-0.1, -0.05) is 12.1 Å². The van der Waals surface area contributed by atoms with Gasteiger partial charge in [-0.25, -0.2) is 5.43 Å². The fourth-order valence-corrected chi connectivity index (χ4v) is 5.40. The molecule has 0 spiro atoms. The van der Waals surface area contributed by atoms with Crippen molar-refractivity contribution in [1.82, 2.24) is 5.43 Å². The summed E-state index contributed by atoms with van der Waals surface area (Å²) in [6.07, 6.45) is 1.03. The molecular weight excluding hydrogens is 530 g/mol. The zero-order valence-corrected chi connectivity index (χ0v) is 19.3. The van der Waals surface area contributed by atoms with Crippen molar-refractivity contribution < 1.29 is 23.8 Å². The summed E-state index contributed by atoms with van der Waals surface area (Å²) in [5.41, 5.74) is 4.36. The van der Waals surface area contributed by atoms with Gasteiger partial charge in [0.2, 0.25) is 12.5 Å². The second-order valence-corrected chi connectivity index (χ2v) is 8.55. The Hall–Kier alpha value is -2.11. The number of hydrogen-bond acceptors (Lipinski definition) is 8. The van der Waals surface area contributed by atoms with Crippen molar-refractivity contribution in [1.29, 1.82) is 0 Å². The van der Waals surface area contributed by atoms with E-state index in [0.29, 0.717) is 31.8 Å². The quantitative estimate of drug-likeness (QED) is 0.449. The van der Waals surface area contributed by atoms with Crippen LogP contribution in [0.15, 0.2) is 36.0 Å². The van der Waals surface area contributed by atoms with E-state index in [1.807, 2.05) is 23.8 Å². The minimum absolute atomic E-state index is 0.0908. The molecule has 2 aliphatic heterocycles. The molecule has 0 saturated carbocycles. The van der Waals surface area contributed by atoms with Gasteiger partial charge < -0.3 is 19.0 Å². The summed E-state index contributed by atoms with van der Waals surface area (Å²) in [7, 11) is 1.54. The smallest absolute Gasteiger partial charge is 0.289 e. The summed E-state index contributed by atoms with van der Waals surface area (Å²) in [4.78, 5) is 18.1. The number of rotatable bonds is 5. The molecule has 1 aromatic carbocycles. The lowest BCUT2D eigenvalue weighted by Gasteiger charge is -2.20. The molecule has 0 radical (unpaired) electrons. The van der Waals surface area contributed by atoms with Gasteiger partial charge in [0.25, 0.3) is 5.91 Å². The number of carbonyl (C=O) groups excluding carboxylic acids is 1. The van der Waals surface area contributed by atoms with Gasteiger partial charge >= 0.3 is 0 Å². The minimum atomic E-state index is -0.538. The van der Waals surface area contributed by atoms with Crippen LogP contribution in [0.4, 0.5) is 0 Å². The molecule has 29 heavy (non-hydrogen) atoms. The number of halogens is 2. The molecule has 1 amide bonds. The molecule has 8 nitrogen and oxygen atoms in total. The van der Waals surface area contributed by atoms with Crippen molar-refractivity contribution >= 4 is 61.0 Å². The van der Waals surface area contributed by atoms with Crippen LogP contribution in [-0.2, 0) is 9.63 Å². The van der Waals surface area contributed by atoms with E-state index in [1.54, 1.807) is 24.7 Å². The van der Waals surface area contributed by atoms with E-state index in [4.69, 9.17) is 19.0 Å². The molecule has 2 aromatic rings. The van der Waals surface area contributed by atoms with Gasteiger partial charge in [0, 0.05) is 11.1 Å². The Morgan fingerprint density at radius 1 is 1.38 bits per heavy atom. The maximum Gasteiger partial charge on any atom is 0.289 e. The van der Waals surface area contributed by atoms with E-state index in [-0.39, 0.29) is 18.4 Å². The third kappa shape index (κ3) is 3.62. The molecule has 0 unspecified atom stereocenters. The Morgan fingerprint density at radius 3 is 2.90 bits per heavy atom. The number of ether oxygens (including phenoxy) is 3. The monoisotopic (exact) mass is 543 g/mol. The summed E-state index contributed by atoms with van der Waals surface area (Å²) in [5, 5.41) is 11.8. The molecule has 0 fully saturated rings. The lowest BCUT2D eigenvalue weighted by molar-refractivity contribution is -0.115. The Morgan fingerprint density at radius 2 is 2.17 bits per heavy atom. The van der Waals surface area contributed by atoms with E-state index >= 15 is 0 Å². The van der Waals surface area contributed by atoms with Crippen LogP contribution in [0.3, 0.4) is 0 Å². The highest BCUT2D eigenvalue weighted by Crippen LogP contribution is 2.55. The number of amides is 1. The van der Waals surface area contributed by atoms with Crippen molar-refractivity contribution in [3.05, 3.63) is 36.9 Å². The minimum Gasteiger partial charge on any atom is -0.492 e. The maximum absolute atomic E-state index is 12.5. The van der Waals surface area contributed by atoms with Gasteiger partial charge in [-0.2, -0.15) is 16.4 Å². The lowest BCUT2D eigenvalue weighted by atomic mass is 9.93. The average Bonchev–Trinajstić information content (AvgIpc) is 3.44. The van der Waals surface area contributed by atoms with Crippen LogP contribution in [-0.4, -0.2) is 31.7 Å². The molecule has 11 heteroatoms. The summed E-state index contributed by atoms with van der Waals surface area (Å²) in [5.74, 6) is 0.747. The molecule has 2 aliphatic rings. The standard InChI is InChI=1S/C18H15Br2N3O5S/c1-8-13(18(24)22-21-5-9-3-4-29-6-9)23-28-14(8)10-11(19)15(25-2)17-16(12(10)20)26-7-27-17/h3-6,8,14H,7H2,1-2H3,(H,22,24)/b21-5-/t8-,14+/m1/s1. The first-order chi connectivity index (χ1) is 14.0. The first-order valence-corrected chi connectivity index (χ1v) is 11.0. The zero-order chi connectivity index (χ0) is 20.5. The van der Waals surface area contributed by atoms with Crippen molar-refractivity contribution in [2.24, 2.45) is 16.2 Å². The van der Waals surface area contributed by atoms with Crippen molar-refractivity contribution in [2.75, 3.05) is 13.9 Å². The number of hydrazone groups is 1. The van der Waals surface area contributed by atoms with Crippen molar-refractivity contribution in [3.8, 4) is 17.2 Å². The number of nitrogens with zero attached hydrogens (tertiary/aromatic N) is 2. The average molecular weight is 545 g/mol. The third-order valence-corrected chi connectivity index (χ3v) is 6.76. The highest BCUT2D eigenvalue weighted by molar-refractivity contribution is 9.11. The maximum atomic E-state index is 12.5. The fourth-order valence-electron chi connectivity index (χ4n) is 3.04. The topological polar surface area (TPSA) is 90.7 Å². The summed E-state index contributed by atoms with van der Waals surface area (Å²) < 4.78 is 17.8. The fraction of sp³-hybridized carbons (Fsp3) is 0.278. The molecule has 152 valence electrons. The number of oxime groups is 1. The van der Waals surface area contributed by atoms with E-state index in [2.05, 4.69) is 47.5 Å². The van der Waals surface area contributed by atoms with Crippen LogP contribution in [0.5, 0.6) is 17.2 Å². The molecule has 0 bridgehead atoms. The van der Waals surface area contributed by atoms with Gasteiger partial charge in [0.05, 0.1) is 28.2 Å². The number of methoxy groups -OCH3 is 1. The number of nitrogens with one attached hydrogen (secondary N) is 1. The predicted molar refractivity (Wildman–Crippen MR) is 115 cm³/mol. The van der Waals surface area contributed by atoms with Crippen LogP contribution in [0, 0.1) is 5.92 Å². The van der Waals surface area contributed by atoms with Gasteiger partial charge in [-0.15, -0.1) is 0 Å². The first-order valence-electron chi connectivity index (χ1n) is 8.46. The molecular formula is C18H15Br2N3O5S. The molecule has 0 saturated heterocycles. The Balaban J connectivity index is 1.56. The van der Waals surface area contributed by atoms with E-state index in [9.17, 15) is 4.79 Å². The van der Waals surface area contributed by atoms with Crippen LogP contribution < -0.4 is 19.6 Å². The van der Waals surface area contributed by atoms with Crippen molar-refractivity contribution in [3.63, 3.8) is 0 Å². The highest BCUT2D eigenvalue weighted by atomic mass is 79.9. The lowest BCUT2D eigenvalue weighted by Crippen LogP contribution is -2.31. The molecule has 1 N–H and O–H groups in total. The molecule has 1 aromatic heterocycles. The molecule has 0 aliphatic carbocycles. The molecule has 2 atom stereocenters. The van der Waals surface area contributed by atoms with Gasteiger partial charge in [0.15, 0.2) is 23.3 Å². The summed E-state index contributed by atoms with van der Waals surface area (Å²) >= 11 is 8.67. The number of benzene rings is 1. The van der Waals surface area contributed by atoms with Crippen molar-refractivity contribution in [2.45, 2.75) is 13.0 Å². The Kier molecular flexibility index (Phi) is 5.79. The second kappa shape index (κ2) is 8.33. The normalized spacial score (nSPS) is 19.9. The number of thiophene rings is 1. The molecule has 3 heterocycles. The van der Waals surface area contributed by atoms with Crippen LogP contribution in [0.1, 0.15) is 24.2 Å². The van der Waals surface area contributed by atoms with Crippen LogP contribution in [0.2, 0.25) is 0 Å². The Bertz CT molecular complexity index is 1010. The van der Waals surface area contributed by atoms with Gasteiger partial charge in [-0.05, 0) is 48.7 Å². The van der Waals surface area contributed by atoms with Crippen LogP contribution in [0.25, 0.3) is 0 Å². The number of hydrogen-bond donors (Lipinski definition) is 1. The zero-order valence-electron chi connectivity index (χ0n) is 15.3. The SMILES string of the molecule is COc1c(Br)c([C@H]2ON=C(C(=O)N/N=C\c3ccsc3)[C@H]2C)c(Br)c2c1OCO2. The summed E-state index contributed by atoms with van der Waals surface area (Å²) in [6, 6.07) is 1.90. The third-order valence-electron chi connectivity index (χ3n) is 4.48. The first kappa shape index (κ1) is 20.2. The second-order valence-electron chi connectivity index (χ2n) is 6.19. The van der Waals surface area contributed by atoms with E-state index in [1.165, 1.54) is 0 Å². The van der Waals surface area contributed by atoms with E-state index < -0.39 is 12.0 Å². The van der Waals surface area contributed by atoms with Gasteiger partial charge in [0.1, 0.15) is 0 Å². The predicted octanol–water partition coefficient (Wildman–Crippen LogP) is 4.22. The Labute approximate surface area is 187 Å². The number of fused-ring (bicyclic) bond motifs is 1. The van der Waals surface area contributed by atoms with Gasteiger partial charge in [-0.3, -0.25) is 4.79 Å². The highest BCUT2D eigenvalue weighted by Gasteiger charge is 2.41. The van der Waals surface area contributed by atoms with Crippen LogP contribution >= 0.6 is 43.2 Å². The van der Waals surface area contributed by atoms with E-state index in [0.717, 1.165) is 5.56 Å². The number of carbonyl (C=O) groups is 1. The largest absolute Gasteiger partial charge is 0.492 e. The molecule has 4 rings (SSSR count). The summed E-state index contributed by atoms with van der Waals surface area (Å²) in [6.45, 7) is 1.95.